The van der Waals surface area contributed by atoms with Gasteiger partial charge in [0.2, 0.25) is 5.75 Å². The first-order chi connectivity index (χ1) is 15.1. The molecule has 6 nitrogen and oxygen atoms in total. The lowest BCUT2D eigenvalue weighted by molar-refractivity contribution is -0.112. The minimum atomic E-state index is 0.0267. The van der Waals surface area contributed by atoms with Crippen LogP contribution in [0.3, 0.4) is 0 Å². The van der Waals surface area contributed by atoms with Crippen LogP contribution in [0, 0.1) is 6.57 Å². The number of methoxy groups -OCH3 is 3. The highest BCUT2D eigenvalue weighted by Gasteiger charge is 2.26. The Hall–Kier alpha value is -4.11. The topological polar surface area (TPSA) is 62.0 Å². The zero-order valence-corrected chi connectivity index (χ0v) is 17.4. The summed E-state index contributed by atoms with van der Waals surface area (Å²) < 4.78 is 16.3. The Bertz CT molecular complexity index is 1210. The van der Waals surface area contributed by atoms with Crippen LogP contribution < -0.4 is 14.2 Å². The Morgan fingerprint density at radius 2 is 1.65 bits per heavy atom. The molecule has 1 aromatic heterocycles. The van der Waals surface area contributed by atoms with Crippen LogP contribution in [0.25, 0.3) is 27.6 Å². The molecule has 0 radical (unpaired) electrons. The van der Waals surface area contributed by atoms with E-state index in [0.29, 0.717) is 28.5 Å². The molecule has 31 heavy (non-hydrogen) atoms. The SMILES string of the molecule is [C-]#[N+]c1ccc(C=C2C(=O)Cc3ncc(-c4cc(OC)c(OC)c(OC)c4)cc32)cc1. The summed E-state index contributed by atoms with van der Waals surface area (Å²) in [6.45, 7) is 7.08. The molecule has 0 saturated heterocycles. The average Bonchev–Trinajstić information content (AvgIpc) is 3.12. The summed E-state index contributed by atoms with van der Waals surface area (Å²) in [6, 6.07) is 12.8. The number of nitrogens with zero attached hydrogens (tertiary/aromatic N) is 2. The van der Waals surface area contributed by atoms with E-state index in [1.807, 2.05) is 36.4 Å². The van der Waals surface area contributed by atoms with Crippen LogP contribution in [0.4, 0.5) is 5.69 Å². The van der Waals surface area contributed by atoms with E-state index in [1.165, 1.54) is 0 Å². The van der Waals surface area contributed by atoms with Crippen LogP contribution >= 0.6 is 0 Å². The summed E-state index contributed by atoms with van der Waals surface area (Å²) in [6.07, 6.45) is 3.87. The van der Waals surface area contributed by atoms with Gasteiger partial charge in [-0.2, -0.15) is 0 Å². The molecule has 0 unspecified atom stereocenters. The van der Waals surface area contributed by atoms with Gasteiger partial charge in [-0.15, -0.1) is 0 Å². The summed E-state index contributed by atoms with van der Waals surface area (Å²) in [4.78, 5) is 20.6. The number of carbonyl (C=O) groups is 1. The average molecular weight is 412 g/mol. The largest absolute Gasteiger partial charge is 0.493 e. The first-order valence-corrected chi connectivity index (χ1v) is 9.60. The molecule has 0 bridgehead atoms. The number of ketones is 1. The van der Waals surface area contributed by atoms with E-state index < -0.39 is 0 Å². The number of aromatic nitrogens is 1. The Kier molecular flexibility index (Phi) is 5.42. The standard InChI is InChI=1S/C25H20N2O4/c1-26-18-7-5-15(6-8-18)9-20-19-10-17(14-27-21(19)13-22(20)28)16-11-23(29-2)25(31-4)24(12-16)30-3/h5-12,14H,13H2,2-4H3. The first kappa shape index (κ1) is 20.2. The molecule has 154 valence electrons. The van der Waals surface area contributed by atoms with Crippen molar-refractivity contribution in [1.82, 2.24) is 4.98 Å². The van der Waals surface area contributed by atoms with Gasteiger partial charge in [0.1, 0.15) is 0 Å². The van der Waals surface area contributed by atoms with E-state index in [0.717, 1.165) is 27.9 Å². The highest BCUT2D eigenvalue weighted by Crippen LogP contribution is 2.42. The van der Waals surface area contributed by atoms with Gasteiger partial charge in [0.25, 0.3) is 0 Å². The summed E-state index contributed by atoms with van der Waals surface area (Å²) in [5, 5.41) is 0. The molecule has 0 saturated carbocycles. The van der Waals surface area contributed by atoms with Gasteiger partial charge in [0, 0.05) is 22.9 Å². The Morgan fingerprint density at radius 3 is 2.23 bits per heavy atom. The fraction of sp³-hybridized carbons (Fsp3) is 0.160. The molecule has 4 rings (SSSR count). The lowest BCUT2D eigenvalue weighted by atomic mass is 10.0. The number of Topliss-reactive ketones (excluding diaryl/α,β-unsaturated/α-hetero) is 1. The Morgan fingerprint density at radius 1 is 0.968 bits per heavy atom. The molecule has 1 heterocycles. The minimum Gasteiger partial charge on any atom is -0.493 e. The Labute approximate surface area is 180 Å². The van der Waals surface area contributed by atoms with Crippen molar-refractivity contribution in [2.24, 2.45) is 0 Å². The normalized spacial score (nSPS) is 13.6. The number of hydrogen-bond acceptors (Lipinski definition) is 5. The zero-order chi connectivity index (χ0) is 22.0. The molecule has 6 heteroatoms. The van der Waals surface area contributed by atoms with Crippen molar-refractivity contribution < 1.29 is 19.0 Å². The number of rotatable bonds is 5. The van der Waals surface area contributed by atoms with Crippen molar-refractivity contribution in [2.45, 2.75) is 6.42 Å². The molecule has 3 aromatic rings. The number of pyridine rings is 1. The Balaban J connectivity index is 1.79. The van der Waals surface area contributed by atoms with Crippen LogP contribution in [-0.4, -0.2) is 32.1 Å². The molecule has 0 amide bonds. The summed E-state index contributed by atoms with van der Waals surface area (Å²) >= 11 is 0. The maximum Gasteiger partial charge on any atom is 0.203 e. The minimum absolute atomic E-state index is 0.0267. The molecule has 0 fully saturated rings. The van der Waals surface area contributed by atoms with Gasteiger partial charge < -0.3 is 14.2 Å². The summed E-state index contributed by atoms with van der Waals surface area (Å²) in [7, 11) is 4.70. The van der Waals surface area contributed by atoms with Gasteiger partial charge in [-0.3, -0.25) is 9.78 Å². The summed E-state index contributed by atoms with van der Waals surface area (Å²) in [5.74, 6) is 1.63. The van der Waals surface area contributed by atoms with Crippen molar-refractivity contribution in [2.75, 3.05) is 21.3 Å². The third-order valence-corrected chi connectivity index (χ3v) is 5.22. The van der Waals surface area contributed by atoms with Gasteiger partial charge in [0.15, 0.2) is 23.0 Å². The van der Waals surface area contributed by atoms with Crippen LogP contribution in [0.1, 0.15) is 16.8 Å². The predicted octanol–water partition coefficient (Wildman–Crippen LogP) is 4.99. The van der Waals surface area contributed by atoms with Crippen LogP contribution in [0.5, 0.6) is 17.2 Å². The molecule has 2 aromatic carbocycles. The van der Waals surface area contributed by atoms with E-state index >= 15 is 0 Å². The zero-order valence-electron chi connectivity index (χ0n) is 17.4. The van der Waals surface area contributed by atoms with E-state index in [4.69, 9.17) is 20.8 Å². The fourth-order valence-corrected chi connectivity index (χ4v) is 3.64. The van der Waals surface area contributed by atoms with Crippen molar-refractivity contribution in [3.05, 3.63) is 76.9 Å². The number of carbonyl (C=O) groups excluding carboxylic acids is 1. The number of hydrogen-bond donors (Lipinski definition) is 0. The third-order valence-electron chi connectivity index (χ3n) is 5.22. The van der Waals surface area contributed by atoms with Gasteiger partial charge in [-0.05, 0) is 35.4 Å². The summed E-state index contributed by atoms with van der Waals surface area (Å²) in [5.41, 5.74) is 5.28. The van der Waals surface area contributed by atoms with E-state index in [2.05, 4.69) is 9.83 Å². The number of benzene rings is 2. The van der Waals surface area contributed by atoms with Crippen molar-refractivity contribution >= 4 is 23.1 Å². The first-order valence-electron chi connectivity index (χ1n) is 9.60. The van der Waals surface area contributed by atoms with Gasteiger partial charge in [-0.1, -0.05) is 24.3 Å². The second kappa shape index (κ2) is 8.33. The van der Waals surface area contributed by atoms with E-state index in [9.17, 15) is 4.79 Å². The number of fused-ring (bicyclic) bond motifs is 1. The second-order valence-electron chi connectivity index (χ2n) is 6.99. The highest BCUT2D eigenvalue weighted by atomic mass is 16.5. The maximum absolute atomic E-state index is 12.7. The van der Waals surface area contributed by atoms with Crippen LogP contribution in [0.15, 0.2) is 48.7 Å². The van der Waals surface area contributed by atoms with Gasteiger partial charge >= 0.3 is 0 Å². The third kappa shape index (κ3) is 3.74. The van der Waals surface area contributed by atoms with Crippen LogP contribution in [-0.2, 0) is 11.2 Å². The predicted molar refractivity (Wildman–Crippen MR) is 119 cm³/mol. The van der Waals surface area contributed by atoms with E-state index in [1.54, 1.807) is 39.7 Å². The molecular weight excluding hydrogens is 392 g/mol. The second-order valence-corrected chi connectivity index (χ2v) is 6.99. The molecule has 0 N–H and O–H groups in total. The monoisotopic (exact) mass is 412 g/mol. The molecule has 0 aliphatic heterocycles. The maximum atomic E-state index is 12.7. The molecule has 1 aliphatic carbocycles. The quantitative estimate of drug-likeness (QED) is 0.436. The van der Waals surface area contributed by atoms with E-state index in [-0.39, 0.29) is 12.2 Å². The van der Waals surface area contributed by atoms with Crippen molar-refractivity contribution in [3.63, 3.8) is 0 Å². The lowest BCUT2D eigenvalue weighted by Gasteiger charge is -2.14. The molecule has 0 atom stereocenters. The molecular formula is C25H20N2O4. The smallest absolute Gasteiger partial charge is 0.203 e. The van der Waals surface area contributed by atoms with Gasteiger partial charge in [0.05, 0.1) is 40.0 Å². The molecule has 1 aliphatic rings. The fourth-order valence-electron chi connectivity index (χ4n) is 3.64. The van der Waals surface area contributed by atoms with Crippen LogP contribution in [0.2, 0.25) is 0 Å². The molecule has 0 spiro atoms. The highest BCUT2D eigenvalue weighted by molar-refractivity contribution is 6.29. The van der Waals surface area contributed by atoms with Gasteiger partial charge in [-0.25, -0.2) is 4.85 Å². The van der Waals surface area contributed by atoms with Crippen molar-refractivity contribution in [3.8, 4) is 28.4 Å². The number of allylic oxidation sites excluding steroid dienone is 1. The van der Waals surface area contributed by atoms with Crippen molar-refractivity contribution in [1.29, 1.82) is 0 Å². The lowest BCUT2D eigenvalue weighted by Crippen LogP contribution is -1.96. The number of ether oxygens (including phenoxy) is 3.